The fourth-order valence-corrected chi connectivity index (χ4v) is 2.72. The number of carbonyl (C=O) groups excluding carboxylic acids is 1. The van der Waals surface area contributed by atoms with Gasteiger partial charge in [-0.3, -0.25) is 4.79 Å². The molecule has 3 aromatic rings. The van der Waals surface area contributed by atoms with E-state index in [1.165, 1.54) is 7.11 Å². The molecule has 0 saturated carbocycles. The zero-order valence-corrected chi connectivity index (χ0v) is 18.1. The molecule has 0 spiro atoms. The zero-order valence-electron chi connectivity index (χ0n) is 17.4. The van der Waals surface area contributed by atoms with Crippen LogP contribution >= 0.6 is 11.6 Å². The minimum atomic E-state index is -0.373. The molecule has 1 amide bonds. The minimum Gasteiger partial charge on any atom is -0.493 e. The standard InChI is InChI=1S/C24H21ClN4O3/c1-3-15-32-21-14-9-18(16-22(21)31-2)23(27-26-20-12-10-19(25)11-13-20)28-29-24(30)17-7-5-4-6-8-17/h3-14,16H,1,15H2,2H3,(H,29,30)/b27-26?,28-23-. The van der Waals surface area contributed by atoms with Gasteiger partial charge in [-0.05, 0) is 54.6 Å². The van der Waals surface area contributed by atoms with E-state index in [9.17, 15) is 4.79 Å². The fourth-order valence-electron chi connectivity index (χ4n) is 2.59. The summed E-state index contributed by atoms with van der Waals surface area (Å²) in [6, 6.07) is 20.8. The topological polar surface area (TPSA) is 84.6 Å². The average Bonchev–Trinajstić information content (AvgIpc) is 2.84. The first-order chi connectivity index (χ1) is 15.6. The molecule has 0 heterocycles. The molecule has 3 aromatic carbocycles. The van der Waals surface area contributed by atoms with Gasteiger partial charge in [0.25, 0.3) is 5.91 Å². The Morgan fingerprint density at radius 2 is 1.78 bits per heavy atom. The summed E-state index contributed by atoms with van der Waals surface area (Å²) in [4.78, 5) is 12.4. The summed E-state index contributed by atoms with van der Waals surface area (Å²) in [5.74, 6) is 0.826. The van der Waals surface area contributed by atoms with Crippen molar-refractivity contribution in [2.24, 2.45) is 15.3 Å². The van der Waals surface area contributed by atoms with E-state index >= 15 is 0 Å². The maximum Gasteiger partial charge on any atom is 0.271 e. The molecule has 0 aliphatic rings. The first-order valence-corrected chi connectivity index (χ1v) is 10.0. The Morgan fingerprint density at radius 1 is 1.03 bits per heavy atom. The molecule has 0 unspecified atom stereocenters. The molecule has 0 bridgehead atoms. The van der Waals surface area contributed by atoms with Crippen LogP contribution in [-0.4, -0.2) is 25.5 Å². The van der Waals surface area contributed by atoms with Crippen molar-refractivity contribution in [3.05, 3.63) is 102 Å². The molecule has 0 fully saturated rings. The van der Waals surface area contributed by atoms with Crippen LogP contribution < -0.4 is 14.9 Å². The van der Waals surface area contributed by atoms with Crippen molar-refractivity contribution in [1.29, 1.82) is 0 Å². The molecule has 7 nitrogen and oxygen atoms in total. The lowest BCUT2D eigenvalue weighted by Gasteiger charge is -2.11. The smallest absolute Gasteiger partial charge is 0.271 e. The number of amides is 1. The van der Waals surface area contributed by atoms with E-state index in [2.05, 4.69) is 27.3 Å². The van der Waals surface area contributed by atoms with Crippen molar-refractivity contribution in [3.63, 3.8) is 0 Å². The van der Waals surface area contributed by atoms with Crippen molar-refractivity contribution in [3.8, 4) is 11.5 Å². The van der Waals surface area contributed by atoms with Crippen LogP contribution in [0.2, 0.25) is 5.02 Å². The maximum absolute atomic E-state index is 12.4. The number of amidine groups is 1. The van der Waals surface area contributed by atoms with Gasteiger partial charge in [0.15, 0.2) is 11.5 Å². The summed E-state index contributed by atoms with van der Waals surface area (Å²) >= 11 is 5.92. The van der Waals surface area contributed by atoms with Gasteiger partial charge in [-0.25, -0.2) is 5.43 Å². The number of methoxy groups -OCH3 is 1. The quantitative estimate of drug-likeness (QED) is 0.155. The average molecular weight is 449 g/mol. The van der Waals surface area contributed by atoms with Crippen molar-refractivity contribution >= 4 is 29.0 Å². The molecule has 0 atom stereocenters. The molecule has 0 aliphatic carbocycles. The molecule has 0 saturated heterocycles. The van der Waals surface area contributed by atoms with Gasteiger partial charge in [-0.15, -0.1) is 15.3 Å². The zero-order chi connectivity index (χ0) is 22.8. The molecule has 162 valence electrons. The van der Waals surface area contributed by atoms with Gasteiger partial charge in [0.05, 0.1) is 12.8 Å². The number of nitrogens with one attached hydrogen (secondary N) is 1. The monoisotopic (exact) mass is 448 g/mol. The van der Waals surface area contributed by atoms with E-state index in [1.54, 1.807) is 72.8 Å². The van der Waals surface area contributed by atoms with Gasteiger partial charge in [0.1, 0.15) is 6.61 Å². The van der Waals surface area contributed by atoms with Crippen molar-refractivity contribution < 1.29 is 14.3 Å². The number of hydrogen-bond acceptors (Lipinski definition) is 5. The van der Waals surface area contributed by atoms with E-state index in [-0.39, 0.29) is 11.7 Å². The predicted molar refractivity (Wildman–Crippen MR) is 125 cm³/mol. The van der Waals surface area contributed by atoms with Crippen LogP contribution in [0.5, 0.6) is 11.5 Å². The Labute approximate surface area is 191 Å². The van der Waals surface area contributed by atoms with Crippen LogP contribution in [0.1, 0.15) is 15.9 Å². The van der Waals surface area contributed by atoms with Crippen LogP contribution in [0.15, 0.2) is 101 Å². The Bertz CT molecular complexity index is 1130. The van der Waals surface area contributed by atoms with Gasteiger partial charge >= 0.3 is 0 Å². The summed E-state index contributed by atoms with van der Waals surface area (Å²) in [5, 5.41) is 13.2. The normalized spacial score (nSPS) is 11.2. The lowest BCUT2D eigenvalue weighted by molar-refractivity contribution is 0.0955. The number of nitrogens with zero attached hydrogens (tertiary/aromatic N) is 3. The number of rotatable bonds is 8. The van der Waals surface area contributed by atoms with Crippen molar-refractivity contribution in [1.82, 2.24) is 5.43 Å². The summed E-state index contributed by atoms with van der Waals surface area (Å²) in [5.41, 5.74) is 4.13. The van der Waals surface area contributed by atoms with E-state index < -0.39 is 0 Å². The minimum absolute atomic E-state index is 0.179. The Balaban J connectivity index is 1.93. The Kier molecular flexibility index (Phi) is 8.11. The van der Waals surface area contributed by atoms with Gasteiger partial charge in [-0.1, -0.05) is 42.5 Å². The van der Waals surface area contributed by atoms with Crippen LogP contribution in [-0.2, 0) is 0 Å². The van der Waals surface area contributed by atoms with Gasteiger partial charge in [0.2, 0.25) is 5.84 Å². The second kappa shape index (κ2) is 11.4. The largest absolute Gasteiger partial charge is 0.493 e. The van der Waals surface area contributed by atoms with Crippen LogP contribution in [0.3, 0.4) is 0 Å². The molecule has 8 heteroatoms. The highest BCUT2D eigenvalue weighted by atomic mass is 35.5. The first-order valence-electron chi connectivity index (χ1n) is 9.63. The molecular weight excluding hydrogens is 428 g/mol. The number of benzene rings is 3. The SMILES string of the molecule is C=CCOc1ccc(/C(N=Nc2ccc(Cl)cc2)=N/NC(=O)c2ccccc2)cc1OC. The molecule has 1 N–H and O–H groups in total. The van der Waals surface area contributed by atoms with Gasteiger partial charge in [-0.2, -0.15) is 0 Å². The van der Waals surface area contributed by atoms with E-state index in [0.29, 0.717) is 39.9 Å². The molecule has 0 aromatic heterocycles. The number of carbonyl (C=O) groups is 1. The van der Waals surface area contributed by atoms with Crippen LogP contribution in [0.4, 0.5) is 5.69 Å². The Hall–Kier alpha value is -3.97. The third kappa shape index (κ3) is 6.26. The summed E-state index contributed by atoms with van der Waals surface area (Å²) in [6.07, 6.45) is 1.64. The number of hydrazone groups is 1. The third-order valence-corrected chi connectivity index (χ3v) is 4.42. The Morgan fingerprint density at radius 3 is 2.47 bits per heavy atom. The van der Waals surface area contributed by atoms with Crippen molar-refractivity contribution in [2.45, 2.75) is 0 Å². The van der Waals surface area contributed by atoms with Gasteiger partial charge < -0.3 is 9.47 Å². The molecule has 3 rings (SSSR count). The fraction of sp³-hybridized carbons (Fsp3) is 0.0833. The number of halogens is 1. The lowest BCUT2D eigenvalue weighted by Crippen LogP contribution is -2.19. The number of azo groups is 1. The number of ether oxygens (including phenoxy) is 2. The predicted octanol–water partition coefficient (Wildman–Crippen LogP) is 5.79. The molecule has 0 radical (unpaired) electrons. The summed E-state index contributed by atoms with van der Waals surface area (Å²) in [7, 11) is 1.53. The second-order valence-corrected chi connectivity index (χ2v) is 6.82. The molecule has 0 aliphatic heterocycles. The van der Waals surface area contributed by atoms with Crippen LogP contribution in [0.25, 0.3) is 0 Å². The third-order valence-electron chi connectivity index (χ3n) is 4.16. The highest BCUT2D eigenvalue weighted by Crippen LogP contribution is 2.29. The molecular formula is C24H21ClN4O3. The van der Waals surface area contributed by atoms with E-state index in [4.69, 9.17) is 21.1 Å². The maximum atomic E-state index is 12.4. The number of hydrogen-bond donors (Lipinski definition) is 1. The van der Waals surface area contributed by atoms with Crippen LogP contribution in [0, 0.1) is 0 Å². The van der Waals surface area contributed by atoms with Gasteiger partial charge in [0, 0.05) is 16.1 Å². The summed E-state index contributed by atoms with van der Waals surface area (Å²) < 4.78 is 11.0. The first kappa shape index (κ1) is 22.7. The van der Waals surface area contributed by atoms with Crippen molar-refractivity contribution in [2.75, 3.05) is 13.7 Å². The lowest BCUT2D eigenvalue weighted by atomic mass is 10.2. The summed E-state index contributed by atoms with van der Waals surface area (Å²) in [6.45, 7) is 3.97. The highest BCUT2D eigenvalue weighted by Gasteiger charge is 2.11. The highest BCUT2D eigenvalue weighted by molar-refractivity contribution is 6.30. The van der Waals surface area contributed by atoms with E-state index in [0.717, 1.165) is 0 Å². The molecule has 32 heavy (non-hydrogen) atoms. The second-order valence-electron chi connectivity index (χ2n) is 6.38. The van der Waals surface area contributed by atoms with E-state index in [1.807, 2.05) is 6.07 Å².